The van der Waals surface area contributed by atoms with Crippen LogP contribution in [0.4, 0.5) is 0 Å². The second-order valence-electron chi connectivity index (χ2n) is 4.62. The molecule has 1 aromatic heterocycles. The van der Waals surface area contributed by atoms with Gasteiger partial charge in [-0.25, -0.2) is 0 Å². The predicted molar refractivity (Wildman–Crippen MR) is 82.9 cm³/mol. The number of aryl methyl sites for hydroxylation is 1. The molecule has 21 heavy (non-hydrogen) atoms. The molecule has 6 heteroatoms. The number of carbonyl (C=O) groups excluding carboxylic acids is 1. The summed E-state index contributed by atoms with van der Waals surface area (Å²) in [4.78, 5) is 12.4. The van der Waals surface area contributed by atoms with Crippen LogP contribution in [0.25, 0.3) is 0 Å². The molecule has 2 rings (SSSR count). The molecule has 2 aromatic rings. The summed E-state index contributed by atoms with van der Waals surface area (Å²) in [7, 11) is 0. The minimum absolute atomic E-state index is 0.305. The lowest BCUT2D eigenvalue weighted by atomic mass is 9.98. The normalized spacial score (nSPS) is 12.1. The van der Waals surface area contributed by atoms with Gasteiger partial charge < -0.3 is 9.30 Å². The van der Waals surface area contributed by atoms with Crippen molar-refractivity contribution in [2.45, 2.75) is 32.7 Å². The second-order valence-corrected chi connectivity index (χ2v) is 5.54. The summed E-state index contributed by atoms with van der Waals surface area (Å²) in [5.41, 5.74) is 0.841. The molecule has 1 aromatic carbocycles. The molecule has 1 heterocycles. The molecule has 0 aliphatic carbocycles. The fourth-order valence-corrected chi connectivity index (χ4v) is 2.62. The fourth-order valence-electron chi connectivity index (χ4n) is 2.20. The number of benzene rings is 1. The number of aromatic nitrogens is 3. The van der Waals surface area contributed by atoms with E-state index in [2.05, 4.69) is 33.1 Å². The fraction of sp³-hybridized carbons (Fsp3) is 0.400. The number of carbonyl (C=O) groups is 1. The third-order valence-electron chi connectivity index (χ3n) is 3.07. The summed E-state index contributed by atoms with van der Waals surface area (Å²) in [6.45, 7) is 4.98. The van der Waals surface area contributed by atoms with Crippen LogP contribution in [0.2, 0.25) is 0 Å². The topological polar surface area (TPSA) is 57.0 Å². The zero-order chi connectivity index (χ0) is 15.2. The molecular formula is C15H18BrN3O2. The maximum Gasteiger partial charge on any atom is 0.321 e. The maximum atomic E-state index is 12.4. The highest BCUT2D eigenvalue weighted by molar-refractivity contribution is 9.10. The van der Waals surface area contributed by atoms with Crippen molar-refractivity contribution in [2.24, 2.45) is 0 Å². The van der Waals surface area contributed by atoms with E-state index in [9.17, 15) is 4.79 Å². The minimum Gasteiger partial charge on any atom is -0.465 e. The molecule has 5 nitrogen and oxygen atoms in total. The molecule has 0 aliphatic heterocycles. The first-order chi connectivity index (χ1) is 10.2. The van der Waals surface area contributed by atoms with Crippen molar-refractivity contribution in [3.05, 3.63) is 46.5 Å². The van der Waals surface area contributed by atoms with Crippen LogP contribution >= 0.6 is 15.9 Å². The van der Waals surface area contributed by atoms with Crippen LogP contribution in [-0.2, 0) is 16.1 Å². The van der Waals surface area contributed by atoms with Gasteiger partial charge in [0.15, 0.2) is 5.82 Å². The summed E-state index contributed by atoms with van der Waals surface area (Å²) < 4.78 is 8.04. The number of nitrogens with zero attached hydrogens (tertiary/aromatic N) is 3. The SMILES string of the molecule is CCCn1cnnc1C(C(=O)OCC)c1cccc(Br)c1. The predicted octanol–water partition coefficient (Wildman–Crippen LogP) is 3.15. The second kappa shape index (κ2) is 7.36. The number of halogens is 1. The van der Waals surface area contributed by atoms with Gasteiger partial charge in [0.2, 0.25) is 0 Å². The Bertz CT molecular complexity index is 612. The first kappa shape index (κ1) is 15.7. The molecular weight excluding hydrogens is 334 g/mol. The van der Waals surface area contributed by atoms with Crippen LogP contribution in [-0.4, -0.2) is 27.3 Å². The maximum absolute atomic E-state index is 12.4. The summed E-state index contributed by atoms with van der Waals surface area (Å²) in [6, 6.07) is 7.62. The van der Waals surface area contributed by atoms with E-state index in [1.54, 1.807) is 13.3 Å². The molecule has 0 fully saturated rings. The van der Waals surface area contributed by atoms with Crippen molar-refractivity contribution >= 4 is 21.9 Å². The van der Waals surface area contributed by atoms with E-state index in [1.165, 1.54) is 0 Å². The van der Waals surface area contributed by atoms with Crippen LogP contribution in [0.3, 0.4) is 0 Å². The van der Waals surface area contributed by atoms with Gasteiger partial charge in [-0.15, -0.1) is 10.2 Å². The van der Waals surface area contributed by atoms with Gasteiger partial charge >= 0.3 is 5.97 Å². The average molecular weight is 352 g/mol. The largest absolute Gasteiger partial charge is 0.465 e. The van der Waals surface area contributed by atoms with Crippen molar-refractivity contribution in [2.75, 3.05) is 6.61 Å². The van der Waals surface area contributed by atoms with Gasteiger partial charge in [0.05, 0.1) is 6.61 Å². The molecule has 0 spiro atoms. The number of rotatable bonds is 6. The molecule has 1 unspecified atom stereocenters. The minimum atomic E-state index is -0.559. The van der Waals surface area contributed by atoms with E-state index in [1.807, 2.05) is 28.8 Å². The molecule has 112 valence electrons. The Balaban J connectivity index is 2.45. The van der Waals surface area contributed by atoms with E-state index in [4.69, 9.17) is 4.74 Å². The first-order valence-corrected chi connectivity index (χ1v) is 7.76. The number of ether oxygens (including phenoxy) is 1. The van der Waals surface area contributed by atoms with Crippen LogP contribution in [0.5, 0.6) is 0 Å². The molecule has 0 aliphatic rings. The third kappa shape index (κ3) is 3.69. The standard InChI is InChI=1S/C15H18BrN3O2/c1-3-8-19-10-17-18-14(19)13(15(20)21-4-2)11-6-5-7-12(16)9-11/h5-7,9-10,13H,3-4,8H2,1-2H3. The Morgan fingerprint density at radius 2 is 2.24 bits per heavy atom. The van der Waals surface area contributed by atoms with Gasteiger partial charge in [0.1, 0.15) is 12.2 Å². The molecule has 0 saturated carbocycles. The van der Waals surface area contributed by atoms with Crippen LogP contribution in [0, 0.1) is 0 Å². The highest BCUT2D eigenvalue weighted by atomic mass is 79.9. The van der Waals surface area contributed by atoms with Crippen molar-refractivity contribution in [1.82, 2.24) is 14.8 Å². The Labute approximate surface area is 132 Å². The van der Waals surface area contributed by atoms with Gasteiger partial charge in [-0.05, 0) is 31.0 Å². The van der Waals surface area contributed by atoms with E-state index in [0.717, 1.165) is 23.0 Å². The van der Waals surface area contributed by atoms with Crippen LogP contribution < -0.4 is 0 Å². The Morgan fingerprint density at radius 1 is 1.43 bits per heavy atom. The third-order valence-corrected chi connectivity index (χ3v) is 3.57. The zero-order valence-corrected chi connectivity index (χ0v) is 13.7. The summed E-state index contributed by atoms with van der Waals surface area (Å²) >= 11 is 3.44. The highest BCUT2D eigenvalue weighted by Crippen LogP contribution is 2.27. The highest BCUT2D eigenvalue weighted by Gasteiger charge is 2.29. The van der Waals surface area contributed by atoms with Crippen molar-refractivity contribution in [1.29, 1.82) is 0 Å². The van der Waals surface area contributed by atoms with E-state index >= 15 is 0 Å². The van der Waals surface area contributed by atoms with Gasteiger partial charge in [-0.2, -0.15) is 0 Å². The monoisotopic (exact) mass is 351 g/mol. The van der Waals surface area contributed by atoms with E-state index in [-0.39, 0.29) is 5.97 Å². The molecule has 0 bridgehead atoms. The smallest absolute Gasteiger partial charge is 0.321 e. The van der Waals surface area contributed by atoms with Crippen molar-refractivity contribution < 1.29 is 9.53 Å². The van der Waals surface area contributed by atoms with Crippen LogP contribution in [0.1, 0.15) is 37.6 Å². The van der Waals surface area contributed by atoms with Crippen molar-refractivity contribution in [3.63, 3.8) is 0 Å². The summed E-state index contributed by atoms with van der Waals surface area (Å²) in [5, 5.41) is 8.09. The number of hydrogen-bond donors (Lipinski definition) is 0. The Morgan fingerprint density at radius 3 is 2.90 bits per heavy atom. The van der Waals surface area contributed by atoms with Gasteiger partial charge in [-0.3, -0.25) is 4.79 Å². The van der Waals surface area contributed by atoms with Crippen molar-refractivity contribution in [3.8, 4) is 0 Å². The summed E-state index contributed by atoms with van der Waals surface area (Å²) in [5.74, 6) is -0.245. The Hall–Kier alpha value is -1.69. The van der Waals surface area contributed by atoms with Gasteiger partial charge in [0.25, 0.3) is 0 Å². The lowest BCUT2D eigenvalue weighted by molar-refractivity contribution is -0.144. The lowest BCUT2D eigenvalue weighted by Gasteiger charge is -2.16. The molecule has 0 amide bonds. The van der Waals surface area contributed by atoms with Crippen LogP contribution in [0.15, 0.2) is 35.1 Å². The lowest BCUT2D eigenvalue weighted by Crippen LogP contribution is -2.21. The molecule has 0 saturated heterocycles. The molecule has 0 radical (unpaired) electrons. The summed E-state index contributed by atoms with van der Waals surface area (Å²) in [6.07, 6.45) is 2.60. The number of esters is 1. The molecule has 0 N–H and O–H groups in total. The number of hydrogen-bond acceptors (Lipinski definition) is 4. The Kier molecular flexibility index (Phi) is 5.50. The molecule has 1 atom stereocenters. The van der Waals surface area contributed by atoms with E-state index < -0.39 is 5.92 Å². The van der Waals surface area contributed by atoms with E-state index in [0.29, 0.717) is 12.4 Å². The zero-order valence-electron chi connectivity index (χ0n) is 12.1. The quantitative estimate of drug-likeness (QED) is 0.750. The average Bonchev–Trinajstić information content (AvgIpc) is 2.88. The first-order valence-electron chi connectivity index (χ1n) is 6.97. The van der Waals surface area contributed by atoms with Gasteiger partial charge in [0, 0.05) is 11.0 Å². The van der Waals surface area contributed by atoms with Gasteiger partial charge in [-0.1, -0.05) is 35.0 Å².